The lowest BCUT2D eigenvalue weighted by Crippen LogP contribution is -2.35. The van der Waals surface area contributed by atoms with Crippen molar-refractivity contribution in [1.82, 2.24) is 73.9 Å². The van der Waals surface area contributed by atoms with Gasteiger partial charge in [0.05, 0.1) is 101 Å². The molecule has 6 atom stereocenters. The number of aryl methyl sites for hydroxylation is 3. The number of halogens is 2. The summed E-state index contributed by atoms with van der Waals surface area (Å²) in [4.78, 5) is 104. The number of esters is 2. The van der Waals surface area contributed by atoms with Gasteiger partial charge in [-0.25, -0.2) is 44.3 Å². The predicted octanol–water partition coefficient (Wildman–Crippen LogP) is 11.8. The summed E-state index contributed by atoms with van der Waals surface area (Å²) in [5.41, 5.74) is 10.7. The minimum Gasteiger partial charge on any atom is -0.481 e. The molecule has 0 aromatic carbocycles. The molecule has 6 saturated carbocycles. The van der Waals surface area contributed by atoms with Gasteiger partial charge in [0.1, 0.15) is 38.1 Å². The van der Waals surface area contributed by atoms with Gasteiger partial charge in [-0.2, -0.15) is 24.1 Å². The van der Waals surface area contributed by atoms with Gasteiger partial charge in [-0.05, 0) is 143 Å². The van der Waals surface area contributed by atoms with Crippen molar-refractivity contribution in [2.75, 3.05) is 26.9 Å². The van der Waals surface area contributed by atoms with E-state index in [-0.39, 0.29) is 127 Å². The zero-order chi connectivity index (χ0) is 77.3. The molecular formula is C75H104F2N16O15. The number of ether oxygens (including phenoxy) is 8. The second kappa shape index (κ2) is 37.8. The van der Waals surface area contributed by atoms with Gasteiger partial charge in [0.25, 0.3) is 29.5 Å². The lowest BCUT2D eigenvalue weighted by atomic mass is 9.87. The maximum absolute atomic E-state index is 14.9. The van der Waals surface area contributed by atoms with E-state index >= 15 is 0 Å². The topological polar surface area (TPSA) is 363 Å². The number of amides is 3. The standard InChI is InChI=1S/C26H36FN5O5.C26H38N6O5.C23H30FN5O5/c2*1-16(2)36-25(33)17-8-7-11-19(12-17)37-24-23(27)30-21(14-28-24)20-13-29-32(4)22(20)15-35-26(34)31(3)18-9-5-6-10-18;1-28(15-7-3-4-8-15)23(32)33-13-19-17(11-26-29(19)2)18-12-25-21(20(24)27-18)34-16-9-5-6-14(10-16)22(30)31/h13-14,16-19H,5-12,15H2,1-4H3;13-14,16-19H,5-12,15H2,1-4H3,(H2,27,30);11-12,14-16H,3-10,13H2,1-2H3,(H,30,31)/t2*17-,19-;14-,16-/m000/s1. The van der Waals surface area contributed by atoms with Crippen LogP contribution in [0, 0.1) is 29.6 Å². The third kappa shape index (κ3) is 21.3. The molecule has 33 heteroatoms. The number of nitrogens with zero attached hydrogens (tertiary/aromatic N) is 15. The van der Waals surface area contributed by atoms with E-state index in [4.69, 9.17) is 43.6 Å². The first-order valence-corrected chi connectivity index (χ1v) is 37.8. The number of hydrogen-bond donors (Lipinski definition) is 2. The highest BCUT2D eigenvalue weighted by atomic mass is 19.1. The number of aromatic nitrogens is 12. The number of anilines is 1. The van der Waals surface area contributed by atoms with Crippen LogP contribution >= 0.6 is 0 Å². The first-order chi connectivity index (χ1) is 51.8. The van der Waals surface area contributed by atoms with Gasteiger partial charge in [-0.1, -0.05) is 38.5 Å². The molecule has 108 heavy (non-hydrogen) atoms. The average molecular weight is 1510 g/mol. The largest absolute Gasteiger partial charge is 0.481 e. The fraction of sp³-hybridized carbons (Fsp3) is 0.640. The number of nitrogens with two attached hydrogens (primary N) is 1. The Bertz CT molecular complexity index is 3870. The zero-order valence-electron chi connectivity index (χ0n) is 63.6. The van der Waals surface area contributed by atoms with E-state index in [2.05, 4.69) is 45.2 Å². The molecule has 6 aliphatic carbocycles. The summed E-state index contributed by atoms with van der Waals surface area (Å²) in [6.45, 7) is 7.30. The summed E-state index contributed by atoms with van der Waals surface area (Å²) in [6, 6.07) is 0.629. The van der Waals surface area contributed by atoms with Crippen LogP contribution in [0.5, 0.6) is 17.6 Å². The highest BCUT2D eigenvalue weighted by Gasteiger charge is 2.36. The van der Waals surface area contributed by atoms with E-state index in [1.54, 1.807) is 89.6 Å². The molecule has 6 aromatic rings. The molecular weight excluding hydrogens is 1400 g/mol. The van der Waals surface area contributed by atoms with Crippen molar-refractivity contribution < 1.29 is 80.5 Å². The Hall–Kier alpha value is -9.85. The van der Waals surface area contributed by atoms with E-state index in [0.29, 0.717) is 84.4 Å². The van der Waals surface area contributed by atoms with Crippen molar-refractivity contribution in [3.05, 3.63) is 66.2 Å². The van der Waals surface area contributed by atoms with Gasteiger partial charge in [0, 0.05) is 77.1 Å². The molecule has 0 saturated heterocycles. The molecule has 0 spiro atoms. The summed E-state index contributed by atoms with van der Waals surface area (Å²) in [5.74, 6) is -4.07. The Morgan fingerprint density at radius 2 is 0.759 bits per heavy atom. The van der Waals surface area contributed by atoms with Crippen LogP contribution in [-0.4, -0.2) is 185 Å². The second-order valence-electron chi connectivity index (χ2n) is 29.5. The van der Waals surface area contributed by atoms with E-state index in [9.17, 15) is 42.7 Å². The van der Waals surface area contributed by atoms with E-state index in [1.807, 2.05) is 27.7 Å². The molecule has 6 aliphatic rings. The van der Waals surface area contributed by atoms with Crippen molar-refractivity contribution in [2.45, 2.75) is 250 Å². The number of carbonyl (C=O) groups is 6. The minimum atomic E-state index is -0.886. The van der Waals surface area contributed by atoms with Crippen LogP contribution < -0.4 is 19.9 Å². The van der Waals surface area contributed by atoms with Gasteiger partial charge < -0.3 is 63.4 Å². The molecule has 0 radical (unpaired) electrons. The summed E-state index contributed by atoms with van der Waals surface area (Å²) in [6.07, 6.45) is 27.2. The molecule has 3 N–H and O–H groups in total. The summed E-state index contributed by atoms with van der Waals surface area (Å²) < 4.78 is 79.3. The quantitative estimate of drug-likeness (QED) is 0.0444. The van der Waals surface area contributed by atoms with Crippen molar-refractivity contribution in [2.24, 2.45) is 38.9 Å². The highest BCUT2D eigenvalue weighted by molar-refractivity contribution is 5.74. The van der Waals surface area contributed by atoms with Crippen molar-refractivity contribution in [1.29, 1.82) is 0 Å². The van der Waals surface area contributed by atoms with Gasteiger partial charge in [0.15, 0.2) is 5.82 Å². The van der Waals surface area contributed by atoms with Crippen LogP contribution in [0.15, 0.2) is 37.2 Å². The van der Waals surface area contributed by atoms with Crippen LogP contribution in [-0.2, 0) is 79.0 Å². The number of hydrogen-bond acceptors (Lipinski definition) is 24. The van der Waals surface area contributed by atoms with Crippen molar-refractivity contribution in [3.63, 3.8) is 0 Å². The number of rotatable bonds is 23. The lowest BCUT2D eigenvalue weighted by molar-refractivity contribution is -0.155. The van der Waals surface area contributed by atoms with Gasteiger partial charge in [-0.15, -0.1) is 0 Å². The molecule has 6 heterocycles. The molecule has 0 bridgehead atoms. The van der Waals surface area contributed by atoms with Crippen LogP contribution in [0.1, 0.15) is 199 Å². The van der Waals surface area contributed by atoms with Crippen molar-refractivity contribution >= 4 is 42.0 Å². The van der Waals surface area contributed by atoms with E-state index in [0.717, 1.165) is 109 Å². The Labute approximate surface area is 627 Å². The van der Waals surface area contributed by atoms with E-state index in [1.165, 1.54) is 18.6 Å². The molecule has 0 unspecified atom stereocenters. The summed E-state index contributed by atoms with van der Waals surface area (Å²) >= 11 is 0. The Morgan fingerprint density at radius 1 is 0.454 bits per heavy atom. The lowest BCUT2D eigenvalue weighted by Gasteiger charge is -2.28. The molecule has 3 amide bonds. The molecule has 6 aromatic heterocycles. The Morgan fingerprint density at radius 3 is 1.07 bits per heavy atom. The number of aliphatic carboxylic acids is 1. The number of nitrogen functional groups attached to an aromatic ring is 1. The molecule has 6 fully saturated rings. The molecule has 0 aliphatic heterocycles. The molecule has 588 valence electrons. The average Bonchev–Trinajstić information content (AvgIpc) is 1.53. The fourth-order valence-electron chi connectivity index (χ4n) is 14.8. The Kier molecular flexibility index (Phi) is 28.2. The van der Waals surface area contributed by atoms with Gasteiger partial charge in [-0.3, -0.25) is 28.4 Å². The van der Waals surface area contributed by atoms with Crippen LogP contribution in [0.2, 0.25) is 0 Å². The third-order valence-electron chi connectivity index (χ3n) is 21.1. The maximum atomic E-state index is 14.9. The van der Waals surface area contributed by atoms with Crippen LogP contribution in [0.25, 0.3) is 33.8 Å². The smallest absolute Gasteiger partial charge is 0.410 e. The normalized spacial score (nSPS) is 20.4. The highest BCUT2D eigenvalue weighted by Crippen LogP contribution is 2.36. The zero-order valence-corrected chi connectivity index (χ0v) is 63.6. The summed E-state index contributed by atoms with van der Waals surface area (Å²) in [5, 5.41) is 22.0. The monoisotopic (exact) mass is 1510 g/mol. The SMILES string of the molecule is CC(C)OC(=O)[C@H]1CCC[C@H](Oc2ncc(-c3cnn(C)c3COC(=O)N(C)C3CCCC3)nc2F)C1.CC(C)OC(=O)[C@H]1CCC[C@H](Oc2ncc(-c3cnn(C)c3COC(=O)N(C)C3CCCC3)nc2N)C1.CN(C(=O)OCc1c(-c2cnc(O[C@H]3CCC[C@H](C(=O)O)C3)c(F)n2)cnn1C)C1CCCC1. The van der Waals surface area contributed by atoms with Gasteiger partial charge in [0.2, 0.25) is 0 Å². The predicted molar refractivity (Wildman–Crippen MR) is 387 cm³/mol. The van der Waals surface area contributed by atoms with Gasteiger partial charge >= 0.3 is 36.2 Å². The Balaban J connectivity index is 0.000000173. The third-order valence-corrected chi connectivity index (χ3v) is 21.1. The number of carboxylic acid groups (broad SMARTS) is 1. The molecule has 12 rings (SSSR count). The second-order valence-corrected chi connectivity index (χ2v) is 29.5. The van der Waals surface area contributed by atoms with Crippen molar-refractivity contribution in [3.8, 4) is 51.4 Å². The maximum Gasteiger partial charge on any atom is 0.410 e. The van der Waals surface area contributed by atoms with Crippen LogP contribution in [0.4, 0.5) is 29.0 Å². The fourth-order valence-corrected chi connectivity index (χ4v) is 14.8. The minimum absolute atomic E-state index is 0.0286. The first kappa shape index (κ1) is 80.7. The summed E-state index contributed by atoms with van der Waals surface area (Å²) in [7, 11) is 10.5. The van der Waals surface area contributed by atoms with Crippen LogP contribution in [0.3, 0.4) is 0 Å². The number of carbonyl (C=O) groups excluding carboxylic acids is 5. The number of carboxylic acids is 1. The first-order valence-electron chi connectivity index (χ1n) is 37.8. The van der Waals surface area contributed by atoms with E-state index < -0.39 is 42.1 Å². The molecule has 31 nitrogen and oxygen atoms in total.